The molecule has 0 spiro atoms. The molecule has 2 atom stereocenters. The second-order valence-electron chi connectivity index (χ2n) is 8.10. The number of hydrogen-bond donors (Lipinski definition) is 1. The molecule has 2 aromatic heterocycles. The molecule has 31 heavy (non-hydrogen) atoms. The van der Waals surface area contributed by atoms with Gasteiger partial charge in [0.15, 0.2) is 5.69 Å². The van der Waals surface area contributed by atoms with Crippen LogP contribution in [0.1, 0.15) is 25.6 Å². The molecule has 1 unspecified atom stereocenters. The molecule has 1 aromatic carbocycles. The number of halogens is 1. The SMILES string of the molecule is [C-]#[N+]c1ccc(-c2nnc(-c3cc(F)c([C@]4(C)CS(=C)(=O)C(C)(C)C(N)=N4)s3)o2)cc1. The van der Waals surface area contributed by atoms with Crippen molar-refractivity contribution < 1.29 is 13.0 Å². The van der Waals surface area contributed by atoms with E-state index in [4.69, 9.17) is 16.7 Å². The Balaban J connectivity index is 1.71. The van der Waals surface area contributed by atoms with E-state index < -0.39 is 25.6 Å². The van der Waals surface area contributed by atoms with Gasteiger partial charge in [0.05, 0.1) is 21.1 Å². The molecule has 10 heteroatoms. The van der Waals surface area contributed by atoms with E-state index in [0.29, 0.717) is 21.0 Å². The van der Waals surface area contributed by atoms with Crippen LogP contribution >= 0.6 is 11.3 Å². The number of benzene rings is 1. The molecule has 1 aliphatic heterocycles. The molecule has 4 rings (SSSR count). The lowest BCUT2D eigenvalue weighted by atomic mass is 10.0. The number of nitrogens with two attached hydrogens (primary N) is 1. The summed E-state index contributed by atoms with van der Waals surface area (Å²) in [5.41, 5.74) is 6.16. The van der Waals surface area contributed by atoms with E-state index in [1.807, 2.05) is 0 Å². The Morgan fingerprint density at radius 3 is 2.52 bits per heavy atom. The van der Waals surface area contributed by atoms with Gasteiger partial charge in [-0.25, -0.2) is 9.24 Å². The molecule has 160 valence electrons. The number of thiophene rings is 1. The summed E-state index contributed by atoms with van der Waals surface area (Å²) in [5.74, 6) is 4.07. The van der Waals surface area contributed by atoms with Crippen molar-refractivity contribution >= 4 is 38.3 Å². The van der Waals surface area contributed by atoms with Crippen LogP contribution in [0.3, 0.4) is 0 Å². The van der Waals surface area contributed by atoms with Crippen molar-refractivity contribution in [1.82, 2.24) is 10.2 Å². The molecule has 0 aliphatic carbocycles. The van der Waals surface area contributed by atoms with Crippen LogP contribution in [0.4, 0.5) is 10.1 Å². The monoisotopic (exact) mass is 457 g/mol. The average Bonchev–Trinajstić information content (AvgIpc) is 3.33. The zero-order valence-corrected chi connectivity index (χ0v) is 18.8. The maximum atomic E-state index is 15.0. The van der Waals surface area contributed by atoms with Crippen molar-refractivity contribution in [2.45, 2.75) is 31.1 Å². The Labute approximate surface area is 183 Å². The van der Waals surface area contributed by atoms with Crippen LogP contribution in [-0.2, 0) is 15.1 Å². The first kappa shape index (κ1) is 21.2. The summed E-state index contributed by atoms with van der Waals surface area (Å²) >= 11 is 1.11. The average molecular weight is 458 g/mol. The summed E-state index contributed by atoms with van der Waals surface area (Å²) in [6.45, 7) is 12.2. The van der Waals surface area contributed by atoms with Crippen molar-refractivity contribution in [1.29, 1.82) is 0 Å². The standard InChI is InChI=1S/C21H20FN5O2S2/c1-20(2)19(23)25-21(3,11-31(20,5)28)16-14(22)10-15(30-16)18-27-26-17(29-18)12-6-8-13(24-4)9-7-12/h6-10H,5,11H2,1-3H3,(H2,23,25)/t21-,31?/m0/s1. The van der Waals surface area contributed by atoms with E-state index in [1.54, 1.807) is 45.0 Å². The molecule has 0 radical (unpaired) electrons. The summed E-state index contributed by atoms with van der Waals surface area (Å²) in [6.07, 6.45) is 0. The Hall–Kier alpha value is -3.03. The van der Waals surface area contributed by atoms with Gasteiger partial charge >= 0.3 is 0 Å². The van der Waals surface area contributed by atoms with E-state index >= 15 is 0 Å². The highest BCUT2D eigenvalue weighted by molar-refractivity contribution is 8.02. The van der Waals surface area contributed by atoms with E-state index in [0.717, 1.165) is 11.3 Å². The molecule has 3 aromatic rings. The first-order valence-electron chi connectivity index (χ1n) is 9.29. The Bertz CT molecular complexity index is 1350. The minimum atomic E-state index is -2.66. The third kappa shape index (κ3) is 3.43. The number of rotatable bonds is 3. The van der Waals surface area contributed by atoms with Crippen LogP contribution in [0, 0.1) is 12.4 Å². The molecule has 0 saturated heterocycles. The van der Waals surface area contributed by atoms with Crippen molar-refractivity contribution in [2.75, 3.05) is 5.75 Å². The van der Waals surface area contributed by atoms with E-state index in [2.05, 4.69) is 25.9 Å². The Morgan fingerprint density at radius 1 is 1.26 bits per heavy atom. The second kappa shape index (κ2) is 7.00. The van der Waals surface area contributed by atoms with Gasteiger partial charge in [-0.05, 0) is 42.2 Å². The molecule has 2 N–H and O–H groups in total. The Kier molecular flexibility index (Phi) is 4.79. The Morgan fingerprint density at radius 2 is 1.90 bits per heavy atom. The van der Waals surface area contributed by atoms with E-state index in [1.165, 1.54) is 6.07 Å². The first-order chi connectivity index (χ1) is 14.5. The van der Waals surface area contributed by atoms with Crippen molar-refractivity contribution in [3.8, 4) is 22.2 Å². The van der Waals surface area contributed by atoms with Gasteiger partial charge in [0, 0.05) is 11.3 Å². The fraction of sp³-hybridized carbons (Fsp3) is 0.286. The lowest BCUT2D eigenvalue weighted by Gasteiger charge is -2.40. The molecule has 0 amide bonds. The number of nitrogens with zero attached hydrogens (tertiary/aromatic N) is 4. The predicted molar refractivity (Wildman–Crippen MR) is 122 cm³/mol. The van der Waals surface area contributed by atoms with E-state index in [9.17, 15) is 8.60 Å². The molecule has 1 aliphatic rings. The topological polar surface area (TPSA) is 98.7 Å². The molecule has 7 nitrogen and oxygen atoms in total. The van der Waals surface area contributed by atoms with Gasteiger partial charge in [0.2, 0.25) is 5.89 Å². The third-order valence-electron chi connectivity index (χ3n) is 5.48. The molecular formula is C21H20FN5O2S2. The smallest absolute Gasteiger partial charge is 0.258 e. The normalized spacial score (nSPS) is 25.1. The summed E-state index contributed by atoms with van der Waals surface area (Å²) < 4.78 is 33.0. The van der Waals surface area contributed by atoms with Gasteiger partial charge in [-0.2, -0.15) is 0 Å². The van der Waals surface area contributed by atoms with Gasteiger partial charge in [0.25, 0.3) is 5.89 Å². The van der Waals surface area contributed by atoms with Crippen LogP contribution in [0.25, 0.3) is 27.1 Å². The largest absolute Gasteiger partial charge is 0.415 e. The van der Waals surface area contributed by atoms with Crippen LogP contribution in [0.5, 0.6) is 0 Å². The van der Waals surface area contributed by atoms with E-state index in [-0.39, 0.29) is 23.4 Å². The molecule has 3 heterocycles. The van der Waals surface area contributed by atoms with Crippen LogP contribution in [0.15, 0.2) is 39.7 Å². The zero-order chi connectivity index (χ0) is 22.6. The lowest BCUT2D eigenvalue weighted by molar-refractivity contribution is 0.506. The predicted octanol–water partition coefficient (Wildman–Crippen LogP) is 4.24. The van der Waals surface area contributed by atoms with Gasteiger partial charge < -0.3 is 10.2 Å². The van der Waals surface area contributed by atoms with Crippen LogP contribution < -0.4 is 5.73 Å². The highest BCUT2D eigenvalue weighted by Gasteiger charge is 2.46. The molecule has 0 fully saturated rings. The zero-order valence-electron chi connectivity index (χ0n) is 17.2. The molecule has 0 saturated carbocycles. The highest BCUT2D eigenvalue weighted by Crippen LogP contribution is 2.43. The molecular weight excluding hydrogens is 437 g/mol. The highest BCUT2D eigenvalue weighted by atomic mass is 32.2. The fourth-order valence-electron chi connectivity index (χ4n) is 3.33. The summed E-state index contributed by atoms with van der Waals surface area (Å²) in [5, 5.41) is 8.06. The number of amidine groups is 1. The maximum absolute atomic E-state index is 15.0. The van der Waals surface area contributed by atoms with Crippen LogP contribution in [-0.4, -0.2) is 36.6 Å². The second-order valence-corrected chi connectivity index (χ2v) is 12.1. The van der Waals surface area contributed by atoms with Gasteiger partial charge in [-0.15, -0.1) is 21.5 Å². The molecule has 0 bridgehead atoms. The third-order valence-corrected chi connectivity index (χ3v) is 9.93. The summed E-state index contributed by atoms with van der Waals surface area (Å²) in [6, 6.07) is 8.02. The lowest BCUT2D eigenvalue weighted by Crippen LogP contribution is -2.54. The summed E-state index contributed by atoms with van der Waals surface area (Å²) in [4.78, 5) is 8.59. The fourth-order valence-corrected chi connectivity index (χ4v) is 6.38. The number of aliphatic imine (C=N–C) groups is 1. The van der Waals surface area contributed by atoms with Gasteiger partial charge in [-0.1, -0.05) is 24.3 Å². The van der Waals surface area contributed by atoms with Crippen LogP contribution in [0.2, 0.25) is 0 Å². The quantitative estimate of drug-likeness (QED) is 0.469. The minimum absolute atomic E-state index is 0.0764. The summed E-state index contributed by atoms with van der Waals surface area (Å²) in [7, 11) is -2.66. The number of aromatic nitrogens is 2. The minimum Gasteiger partial charge on any atom is -0.415 e. The van der Waals surface area contributed by atoms with Gasteiger partial charge in [-0.3, -0.25) is 9.20 Å². The first-order valence-corrected chi connectivity index (χ1v) is 12.0. The van der Waals surface area contributed by atoms with Crippen molar-refractivity contribution in [3.63, 3.8) is 0 Å². The van der Waals surface area contributed by atoms with Crippen molar-refractivity contribution in [2.24, 2.45) is 10.7 Å². The van der Waals surface area contributed by atoms with Crippen molar-refractivity contribution in [3.05, 3.63) is 52.4 Å². The maximum Gasteiger partial charge on any atom is 0.258 e. The number of hydrogen-bond acceptors (Lipinski definition) is 7. The van der Waals surface area contributed by atoms with Gasteiger partial charge in [0.1, 0.15) is 17.2 Å².